The normalized spacial score (nSPS) is 10.6. The first-order valence-electron chi connectivity index (χ1n) is 9.06. The Morgan fingerprint density at radius 1 is 1.14 bits per heavy atom. The van der Waals surface area contributed by atoms with Crippen LogP contribution in [0.15, 0.2) is 58.3 Å². The van der Waals surface area contributed by atoms with Gasteiger partial charge in [0.05, 0.1) is 12.7 Å². The zero-order chi connectivity index (χ0) is 21.0. The van der Waals surface area contributed by atoms with E-state index in [2.05, 4.69) is 6.58 Å². The van der Waals surface area contributed by atoms with Crippen LogP contribution in [0.25, 0.3) is 11.0 Å². The summed E-state index contributed by atoms with van der Waals surface area (Å²) in [6.07, 6.45) is 1.62. The monoisotopic (exact) mass is 394 g/mol. The Hall–Kier alpha value is -3.54. The molecular weight excluding hydrogens is 372 g/mol. The van der Waals surface area contributed by atoms with Crippen LogP contribution in [0.1, 0.15) is 27.0 Å². The minimum atomic E-state index is -0.538. The zero-order valence-corrected chi connectivity index (χ0v) is 16.6. The Labute approximate surface area is 168 Å². The summed E-state index contributed by atoms with van der Waals surface area (Å²) in [5.74, 6) is 0.378. The van der Waals surface area contributed by atoms with Crippen molar-refractivity contribution in [2.75, 3.05) is 13.7 Å². The molecule has 2 aromatic carbocycles. The predicted octanol–water partition coefficient (Wildman–Crippen LogP) is 4.34. The molecule has 0 unspecified atom stereocenters. The molecular formula is C23H22O6. The van der Waals surface area contributed by atoms with Gasteiger partial charge in [0.15, 0.2) is 11.5 Å². The van der Waals surface area contributed by atoms with E-state index in [1.54, 1.807) is 24.3 Å². The molecule has 0 aliphatic heterocycles. The summed E-state index contributed by atoms with van der Waals surface area (Å²) >= 11 is 0. The van der Waals surface area contributed by atoms with E-state index in [0.717, 1.165) is 16.5 Å². The molecule has 0 spiro atoms. The van der Waals surface area contributed by atoms with Crippen molar-refractivity contribution in [2.45, 2.75) is 20.5 Å². The lowest BCUT2D eigenvalue weighted by atomic mass is 10.0. The van der Waals surface area contributed by atoms with Crippen molar-refractivity contribution < 1.29 is 23.4 Å². The van der Waals surface area contributed by atoms with Crippen molar-refractivity contribution in [2.24, 2.45) is 0 Å². The average Bonchev–Trinajstić information content (AvgIpc) is 2.73. The maximum Gasteiger partial charge on any atom is 0.338 e. The first-order valence-corrected chi connectivity index (χ1v) is 9.06. The van der Waals surface area contributed by atoms with Gasteiger partial charge in [-0.15, -0.1) is 0 Å². The third-order valence-corrected chi connectivity index (χ3v) is 4.63. The van der Waals surface area contributed by atoms with Crippen LogP contribution in [-0.4, -0.2) is 19.7 Å². The first-order chi connectivity index (χ1) is 13.9. The van der Waals surface area contributed by atoms with Gasteiger partial charge in [-0.25, -0.2) is 9.59 Å². The van der Waals surface area contributed by atoms with Gasteiger partial charge >= 0.3 is 11.6 Å². The quantitative estimate of drug-likeness (QED) is 0.337. The molecule has 0 aliphatic rings. The highest BCUT2D eigenvalue weighted by Gasteiger charge is 2.15. The second-order valence-electron chi connectivity index (χ2n) is 6.52. The van der Waals surface area contributed by atoms with E-state index in [1.165, 1.54) is 13.2 Å². The molecule has 150 valence electrons. The van der Waals surface area contributed by atoms with Crippen LogP contribution < -0.4 is 15.1 Å². The number of aryl methyl sites for hydroxylation is 2. The Morgan fingerprint density at radius 3 is 2.66 bits per heavy atom. The van der Waals surface area contributed by atoms with Crippen LogP contribution in [0.4, 0.5) is 0 Å². The second kappa shape index (κ2) is 8.65. The van der Waals surface area contributed by atoms with Crippen LogP contribution in [0, 0.1) is 13.8 Å². The van der Waals surface area contributed by atoms with Gasteiger partial charge in [0, 0.05) is 17.0 Å². The van der Waals surface area contributed by atoms with Crippen molar-refractivity contribution in [3.63, 3.8) is 0 Å². The van der Waals surface area contributed by atoms with Gasteiger partial charge in [-0.2, -0.15) is 0 Å². The molecule has 3 rings (SSSR count). The van der Waals surface area contributed by atoms with Gasteiger partial charge in [-0.3, -0.25) is 0 Å². The maximum absolute atomic E-state index is 12.5. The standard InChI is InChI=1S/C23H22O6/c1-5-10-27-19-9-7-16(11-20(19)26-4)23(25)28-13-17-12-21(24)29-22-15(3)14(2)6-8-18(17)22/h5-9,11-12H,1,10,13H2,2-4H3. The summed E-state index contributed by atoms with van der Waals surface area (Å²) in [7, 11) is 1.49. The van der Waals surface area contributed by atoms with Gasteiger partial charge in [-0.05, 0) is 43.2 Å². The highest BCUT2D eigenvalue weighted by molar-refractivity contribution is 5.90. The number of hydrogen-bond acceptors (Lipinski definition) is 6. The van der Waals surface area contributed by atoms with Crippen LogP contribution in [-0.2, 0) is 11.3 Å². The summed E-state index contributed by atoms with van der Waals surface area (Å²) in [6, 6.07) is 9.92. The molecule has 1 aromatic heterocycles. The molecule has 1 heterocycles. The number of ether oxygens (including phenoxy) is 3. The van der Waals surface area contributed by atoms with E-state index in [1.807, 2.05) is 26.0 Å². The molecule has 6 heteroatoms. The van der Waals surface area contributed by atoms with Crippen molar-refractivity contribution in [1.82, 2.24) is 0 Å². The van der Waals surface area contributed by atoms with Crippen LogP contribution in [0.2, 0.25) is 0 Å². The summed E-state index contributed by atoms with van der Waals surface area (Å²) in [5, 5.41) is 0.742. The minimum absolute atomic E-state index is 0.0551. The zero-order valence-electron chi connectivity index (χ0n) is 16.6. The van der Waals surface area contributed by atoms with Crippen LogP contribution >= 0.6 is 0 Å². The summed E-state index contributed by atoms with van der Waals surface area (Å²) in [5.41, 5.74) is 2.82. The van der Waals surface area contributed by atoms with E-state index >= 15 is 0 Å². The largest absolute Gasteiger partial charge is 0.493 e. The van der Waals surface area contributed by atoms with Crippen molar-refractivity contribution in [1.29, 1.82) is 0 Å². The Bertz CT molecular complexity index is 1130. The molecule has 29 heavy (non-hydrogen) atoms. The SMILES string of the molecule is C=CCOc1ccc(C(=O)OCc2cc(=O)oc3c(C)c(C)ccc23)cc1OC. The number of benzene rings is 2. The van der Waals surface area contributed by atoms with E-state index in [9.17, 15) is 9.59 Å². The van der Waals surface area contributed by atoms with Crippen molar-refractivity contribution in [3.05, 3.63) is 81.7 Å². The third-order valence-electron chi connectivity index (χ3n) is 4.63. The fraction of sp³-hybridized carbons (Fsp3) is 0.217. The number of hydrogen-bond donors (Lipinski definition) is 0. The van der Waals surface area contributed by atoms with Gasteiger partial charge in [0.1, 0.15) is 18.8 Å². The molecule has 6 nitrogen and oxygen atoms in total. The van der Waals surface area contributed by atoms with Crippen molar-refractivity contribution >= 4 is 16.9 Å². The molecule has 0 fully saturated rings. The van der Waals surface area contributed by atoms with Gasteiger partial charge in [0.2, 0.25) is 0 Å². The van der Waals surface area contributed by atoms with Gasteiger partial charge in [0.25, 0.3) is 0 Å². The highest BCUT2D eigenvalue weighted by Crippen LogP contribution is 2.29. The van der Waals surface area contributed by atoms with Gasteiger partial charge < -0.3 is 18.6 Å². The van der Waals surface area contributed by atoms with E-state index in [0.29, 0.717) is 34.8 Å². The Morgan fingerprint density at radius 2 is 1.93 bits per heavy atom. The molecule has 0 saturated carbocycles. The second-order valence-corrected chi connectivity index (χ2v) is 6.52. The Kier molecular flexibility index (Phi) is 6.02. The van der Waals surface area contributed by atoms with E-state index in [4.69, 9.17) is 18.6 Å². The number of rotatable bonds is 7. The van der Waals surface area contributed by atoms with E-state index < -0.39 is 11.6 Å². The predicted molar refractivity (Wildman–Crippen MR) is 110 cm³/mol. The lowest BCUT2D eigenvalue weighted by Gasteiger charge is -2.12. The number of esters is 1. The first kappa shape index (κ1) is 20.2. The summed E-state index contributed by atoms with van der Waals surface area (Å²) < 4.78 is 21.5. The molecule has 0 N–H and O–H groups in total. The molecule has 0 bridgehead atoms. The van der Waals surface area contributed by atoms with Gasteiger partial charge in [-0.1, -0.05) is 24.8 Å². The lowest BCUT2D eigenvalue weighted by Crippen LogP contribution is -2.09. The van der Waals surface area contributed by atoms with Crippen LogP contribution in [0.5, 0.6) is 11.5 Å². The average molecular weight is 394 g/mol. The molecule has 0 radical (unpaired) electrons. The number of methoxy groups -OCH3 is 1. The molecule has 0 saturated heterocycles. The fourth-order valence-corrected chi connectivity index (χ4v) is 2.93. The minimum Gasteiger partial charge on any atom is -0.493 e. The summed E-state index contributed by atoms with van der Waals surface area (Å²) in [4.78, 5) is 24.5. The fourth-order valence-electron chi connectivity index (χ4n) is 2.93. The van der Waals surface area contributed by atoms with E-state index in [-0.39, 0.29) is 6.61 Å². The lowest BCUT2D eigenvalue weighted by molar-refractivity contribution is 0.0473. The van der Waals surface area contributed by atoms with Crippen molar-refractivity contribution in [3.8, 4) is 11.5 Å². The summed E-state index contributed by atoms with van der Waals surface area (Å²) in [6.45, 7) is 7.70. The third kappa shape index (κ3) is 4.32. The topological polar surface area (TPSA) is 75.0 Å². The molecule has 0 aliphatic carbocycles. The number of carbonyl (C=O) groups is 1. The maximum atomic E-state index is 12.5. The van der Waals surface area contributed by atoms with Crippen LogP contribution in [0.3, 0.4) is 0 Å². The number of carbonyl (C=O) groups excluding carboxylic acids is 1. The number of fused-ring (bicyclic) bond motifs is 1. The molecule has 0 amide bonds. The highest BCUT2D eigenvalue weighted by atomic mass is 16.5. The smallest absolute Gasteiger partial charge is 0.338 e. The molecule has 0 atom stereocenters. The molecule has 3 aromatic rings. The Balaban J connectivity index is 1.83.